The molecule has 3 aliphatic rings. The number of halogens is 1. The first kappa shape index (κ1) is 18.0. The summed E-state index contributed by atoms with van der Waals surface area (Å²) in [5, 5.41) is 5.98. The van der Waals surface area contributed by atoms with Crippen LogP contribution in [0.5, 0.6) is 0 Å². The molecule has 0 aromatic heterocycles. The Bertz CT molecular complexity index is 1060. The van der Waals surface area contributed by atoms with Crippen molar-refractivity contribution >= 4 is 45.4 Å². The number of amides is 2. The molecule has 7 heteroatoms. The van der Waals surface area contributed by atoms with Gasteiger partial charge in [0.05, 0.1) is 23.6 Å². The van der Waals surface area contributed by atoms with Crippen LogP contribution in [0.3, 0.4) is 0 Å². The first-order chi connectivity index (χ1) is 14.1. The number of Topliss-reactive ketones (excluding diaryl/α,β-unsaturated/α-hetero) is 1. The molecule has 5 rings (SSSR count). The standard InChI is InChI=1S/C22H16BrN3O3/c23-14-8-10-15(11-9-14)25-21(28)17-16-7-4-12-24-26(16)19(18(17)22(25)29)20(27)13-5-2-1-3-6-13/h1-12,16-19H/t16-,17-,18+,19-/m0/s1. The van der Waals surface area contributed by atoms with Crippen molar-refractivity contribution in [3.05, 3.63) is 76.8 Å². The molecular formula is C22H16BrN3O3. The van der Waals surface area contributed by atoms with Gasteiger partial charge in [0, 0.05) is 16.3 Å². The number of carbonyl (C=O) groups excluding carboxylic acids is 3. The van der Waals surface area contributed by atoms with Crippen molar-refractivity contribution in [2.45, 2.75) is 12.1 Å². The zero-order valence-electron chi connectivity index (χ0n) is 15.2. The van der Waals surface area contributed by atoms with Gasteiger partial charge in [0.1, 0.15) is 6.04 Å². The van der Waals surface area contributed by atoms with Gasteiger partial charge in [0.2, 0.25) is 11.8 Å². The summed E-state index contributed by atoms with van der Waals surface area (Å²) in [7, 11) is 0. The van der Waals surface area contributed by atoms with Crippen LogP contribution in [-0.4, -0.2) is 40.9 Å². The van der Waals surface area contributed by atoms with E-state index in [1.54, 1.807) is 65.8 Å². The molecule has 0 saturated carbocycles. The Hall–Kier alpha value is -3.06. The number of carbonyl (C=O) groups is 3. The Morgan fingerprint density at radius 2 is 1.62 bits per heavy atom. The van der Waals surface area contributed by atoms with E-state index in [2.05, 4.69) is 21.0 Å². The topological polar surface area (TPSA) is 70.0 Å². The first-order valence-corrected chi connectivity index (χ1v) is 10.1. The van der Waals surface area contributed by atoms with Crippen molar-refractivity contribution in [3.8, 4) is 0 Å². The number of hydrogen-bond acceptors (Lipinski definition) is 5. The van der Waals surface area contributed by atoms with Crippen molar-refractivity contribution in [1.82, 2.24) is 5.01 Å². The maximum atomic E-state index is 13.4. The third-order valence-electron chi connectivity index (χ3n) is 5.70. The second-order valence-corrected chi connectivity index (χ2v) is 8.15. The minimum atomic E-state index is -0.814. The Morgan fingerprint density at radius 3 is 2.34 bits per heavy atom. The molecule has 29 heavy (non-hydrogen) atoms. The normalized spacial score (nSPS) is 27.3. The molecule has 6 nitrogen and oxygen atoms in total. The smallest absolute Gasteiger partial charge is 0.240 e. The summed E-state index contributed by atoms with van der Waals surface area (Å²) in [6.07, 6.45) is 5.19. The van der Waals surface area contributed by atoms with Crippen LogP contribution in [0.15, 0.2) is 76.3 Å². The fourth-order valence-electron chi connectivity index (χ4n) is 4.46. The number of hydrazone groups is 1. The highest BCUT2D eigenvalue weighted by Crippen LogP contribution is 2.46. The molecule has 3 aliphatic heterocycles. The highest BCUT2D eigenvalue weighted by atomic mass is 79.9. The minimum absolute atomic E-state index is 0.200. The number of nitrogens with zero attached hydrogens (tertiary/aromatic N) is 3. The predicted molar refractivity (Wildman–Crippen MR) is 111 cm³/mol. The van der Waals surface area contributed by atoms with E-state index in [1.807, 2.05) is 12.1 Å². The van der Waals surface area contributed by atoms with Crippen LogP contribution in [0, 0.1) is 11.8 Å². The van der Waals surface area contributed by atoms with Crippen molar-refractivity contribution < 1.29 is 14.4 Å². The van der Waals surface area contributed by atoms with Gasteiger partial charge in [0.15, 0.2) is 5.78 Å². The van der Waals surface area contributed by atoms with Crippen LogP contribution in [0.1, 0.15) is 10.4 Å². The number of fused-ring (bicyclic) bond motifs is 3. The lowest BCUT2D eigenvalue weighted by molar-refractivity contribution is -0.123. The molecule has 4 atom stereocenters. The quantitative estimate of drug-likeness (QED) is 0.533. The maximum Gasteiger partial charge on any atom is 0.240 e. The molecule has 2 fully saturated rings. The summed E-state index contributed by atoms with van der Waals surface area (Å²) in [5.74, 6) is -2.26. The monoisotopic (exact) mass is 449 g/mol. The fraction of sp³-hybridized carbons (Fsp3) is 0.182. The number of benzene rings is 2. The average molecular weight is 450 g/mol. The Morgan fingerprint density at radius 1 is 0.931 bits per heavy atom. The molecule has 2 aromatic rings. The van der Waals surface area contributed by atoms with Gasteiger partial charge >= 0.3 is 0 Å². The van der Waals surface area contributed by atoms with Gasteiger partial charge in [-0.1, -0.05) is 52.3 Å². The van der Waals surface area contributed by atoms with Crippen LogP contribution in [0.2, 0.25) is 0 Å². The summed E-state index contributed by atoms with van der Waals surface area (Å²) in [6.45, 7) is 0. The summed E-state index contributed by atoms with van der Waals surface area (Å²) < 4.78 is 0.855. The Balaban J connectivity index is 1.58. The van der Waals surface area contributed by atoms with E-state index in [4.69, 9.17) is 0 Å². The van der Waals surface area contributed by atoms with Crippen LogP contribution in [0.25, 0.3) is 0 Å². The van der Waals surface area contributed by atoms with Crippen LogP contribution in [-0.2, 0) is 9.59 Å². The molecule has 0 radical (unpaired) electrons. The zero-order chi connectivity index (χ0) is 20.1. The van der Waals surface area contributed by atoms with E-state index in [9.17, 15) is 14.4 Å². The van der Waals surface area contributed by atoms with Crippen LogP contribution < -0.4 is 4.90 Å². The number of imide groups is 1. The largest absolute Gasteiger partial charge is 0.292 e. The van der Waals surface area contributed by atoms with E-state index in [0.29, 0.717) is 11.3 Å². The SMILES string of the molecule is O=C(c1ccccc1)[C@@H]1[C@@H]2C(=O)N(c3ccc(Br)cc3)C(=O)[C@H]2[C@@H]2C=CC=NN12. The maximum absolute atomic E-state index is 13.4. The van der Waals surface area contributed by atoms with Gasteiger partial charge < -0.3 is 0 Å². The molecular weight excluding hydrogens is 434 g/mol. The molecule has 3 heterocycles. The molecule has 144 valence electrons. The number of rotatable bonds is 3. The Kier molecular flexibility index (Phi) is 4.20. The zero-order valence-corrected chi connectivity index (χ0v) is 16.8. The molecule has 0 unspecified atom stereocenters. The second-order valence-electron chi connectivity index (χ2n) is 7.24. The number of hydrogen-bond donors (Lipinski definition) is 0. The lowest BCUT2D eigenvalue weighted by Gasteiger charge is -2.30. The molecule has 2 aromatic carbocycles. The third-order valence-corrected chi connectivity index (χ3v) is 6.23. The number of allylic oxidation sites excluding steroid dienone is 1. The summed E-state index contributed by atoms with van der Waals surface area (Å²) in [6, 6.07) is 14.6. The average Bonchev–Trinajstić information content (AvgIpc) is 3.22. The lowest BCUT2D eigenvalue weighted by Crippen LogP contribution is -2.46. The van der Waals surface area contributed by atoms with Gasteiger partial charge in [-0.15, -0.1) is 0 Å². The molecule has 2 amide bonds. The van der Waals surface area contributed by atoms with Crippen molar-refractivity contribution in [2.24, 2.45) is 16.9 Å². The van der Waals surface area contributed by atoms with Crippen LogP contribution >= 0.6 is 15.9 Å². The van der Waals surface area contributed by atoms with Crippen molar-refractivity contribution in [2.75, 3.05) is 4.90 Å². The molecule has 0 aliphatic carbocycles. The van der Waals surface area contributed by atoms with Gasteiger partial charge in [-0.2, -0.15) is 5.10 Å². The van der Waals surface area contributed by atoms with E-state index >= 15 is 0 Å². The molecule has 2 saturated heterocycles. The minimum Gasteiger partial charge on any atom is -0.292 e. The van der Waals surface area contributed by atoms with Crippen LogP contribution in [0.4, 0.5) is 5.69 Å². The Labute approximate surface area is 175 Å². The van der Waals surface area contributed by atoms with Gasteiger partial charge in [-0.25, -0.2) is 4.90 Å². The summed E-state index contributed by atoms with van der Waals surface area (Å²) >= 11 is 3.37. The molecule has 0 bridgehead atoms. The van der Waals surface area contributed by atoms with E-state index in [0.717, 1.165) is 4.47 Å². The fourth-order valence-corrected chi connectivity index (χ4v) is 4.72. The first-order valence-electron chi connectivity index (χ1n) is 9.29. The number of ketones is 1. The van der Waals surface area contributed by atoms with Gasteiger partial charge in [0.25, 0.3) is 0 Å². The van der Waals surface area contributed by atoms with Crippen molar-refractivity contribution in [1.29, 1.82) is 0 Å². The highest BCUT2D eigenvalue weighted by Gasteiger charge is 2.64. The lowest BCUT2D eigenvalue weighted by atomic mass is 9.86. The third kappa shape index (κ3) is 2.68. The number of anilines is 1. The molecule has 0 spiro atoms. The van der Waals surface area contributed by atoms with E-state index in [1.165, 1.54) is 4.90 Å². The summed E-state index contributed by atoms with van der Waals surface area (Å²) in [5.41, 5.74) is 1.02. The molecule has 0 N–H and O–H groups in total. The second kappa shape index (κ2) is 6.77. The predicted octanol–water partition coefficient (Wildman–Crippen LogP) is 3.05. The highest BCUT2D eigenvalue weighted by molar-refractivity contribution is 9.10. The van der Waals surface area contributed by atoms with Gasteiger partial charge in [-0.3, -0.25) is 19.4 Å². The summed E-state index contributed by atoms with van der Waals surface area (Å²) in [4.78, 5) is 41.3. The van der Waals surface area contributed by atoms with Crippen molar-refractivity contribution in [3.63, 3.8) is 0 Å². The van der Waals surface area contributed by atoms with E-state index in [-0.39, 0.29) is 17.6 Å². The van der Waals surface area contributed by atoms with Gasteiger partial charge in [-0.05, 0) is 30.3 Å². The van der Waals surface area contributed by atoms with E-state index < -0.39 is 23.9 Å².